The Morgan fingerprint density at radius 3 is 2.72 bits per heavy atom. The van der Waals surface area contributed by atoms with E-state index in [2.05, 4.69) is 26.0 Å². The molecule has 7 heteroatoms. The molecule has 0 heterocycles. The van der Waals surface area contributed by atoms with E-state index in [-0.39, 0.29) is 5.75 Å². The van der Waals surface area contributed by atoms with Crippen LogP contribution in [0.4, 0.5) is 5.69 Å². The maximum absolute atomic E-state index is 11.8. The number of hydrogen-bond donors (Lipinski definition) is 2. The van der Waals surface area contributed by atoms with Crippen LogP contribution in [0.2, 0.25) is 5.02 Å². The van der Waals surface area contributed by atoms with Gasteiger partial charge >= 0.3 is 0 Å². The molecule has 0 amide bonds. The van der Waals surface area contributed by atoms with Crippen LogP contribution in [0.5, 0.6) is 0 Å². The van der Waals surface area contributed by atoms with Gasteiger partial charge in [-0.25, -0.2) is 8.42 Å². The average molecular weight is 354 g/mol. The molecule has 0 aliphatic heterocycles. The SMILES string of the molecule is O=S(=O)(CCNC1CC1)Nc1ccc(Br)c(Cl)c1. The van der Waals surface area contributed by atoms with Gasteiger partial charge in [0, 0.05) is 17.1 Å². The minimum absolute atomic E-state index is 0.0666. The fourth-order valence-electron chi connectivity index (χ4n) is 1.48. The van der Waals surface area contributed by atoms with Crippen molar-refractivity contribution in [2.45, 2.75) is 18.9 Å². The van der Waals surface area contributed by atoms with Gasteiger partial charge in [-0.05, 0) is 47.0 Å². The van der Waals surface area contributed by atoms with E-state index in [0.717, 1.165) is 17.3 Å². The highest BCUT2D eigenvalue weighted by molar-refractivity contribution is 9.10. The number of halogens is 2. The molecule has 0 radical (unpaired) electrons. The standard InChI is InChI=1S/C11H14BrClN2O2S/c12-10-4-3-9(7-11(10)13)15-18(16,17)6-5-14-8-1-2-8/h3-4,7-8,14-15H,1-2,5-6H2. The number of nitrogens with one attached hydrogen (secondary N) is 2. The molecule has 0 unspecified atom stereocenters. The highest BCUT2D eigenvalue weighted by atomic mass is 79.9. The van der Waals surface area contributed by atoms with Crippen molar-refractivity contribution in [1.29, 1.82) is 0 Å². The molecule has 100 valence electrons. The van der Waals surface area contributed by atoms with Crippen molar-refractivity contribution in [3.63, 3.8) is 0 Å². The molecule has 0 atom stereocenters. The summed E-state index contributed by atoms with van der Waals surface area (Å²) in [5.74, 6) is 0.0666. The van der Waals surface area contributed by atoms with Gasteiger partial charge in [0.1, 0.15) is 0 Å². The van der Waals surface area contributed by atoms with Gasteiger partial charge in [-0.1, -0.05) is 11.6 Å². The normalized spacial score (nSPS) is 15.7. The molecule has 1 aliphatic rings. The van der Waals surface area contributed by atoms with Crippen molar-refractivity contribution in [3.05, 3.63) is 27.7 Å². The predicted molar refractivity (Wildman–Crippen MR) is 77.6 cm³/mol. The molecule has 1 aliphatic carbocycles. The molecule has 1 fully saturated rings. The zero-order chi connectivity index (χ0) is 13.2. The highest BCUT2D eigenvalue weighted by Crippen LogP contribution is 2.26. The number of sulfonamides is 1. The summed E-state index contributed by atoms with van der Waals surface area (Å²) in [6.07, 6.45) is 2.30. The summed E-state index contributed by atoms with van der Waals surface area (Å²) in [5.41, 5.74) is 0.481. The van der Waals surface area contributed by atoms with Gasteiger partial charge < -0.3 is 5.32 Å². The minimum atomic E-state index is -3.32. The molecular formula is C11H14BrClN2O2S. The molecule has 0 aromatic heterocycles. The lowest BCUT2D eigenvalue weighted by Crippen LogP contribution is -2.27. The molecule has 0 spiro atoms. The van der Waals surface area contributed by atoms with Crippen LogP contribution in [0.25, 0.3) is 0 Å². The third-order valence-electron chi connectivity index (χ3n) is 2.57. The van der Waals surface area contributed by atoms with Crippen LogP contribution < -0.4 is 10.0 Å². The first-order chi connectivity index (χ1) is 8.46. The van der Waals surface area contributed by atoms with Crippen LogP contribution in [0.3, 0.4) is 0 Å². The summed E-state index contributed by atoms with van der Waals surface area (Å²) >= 11 is 9.16. The van der Waals surface area contributed by atoms with Crippen molar-refractivity contribution < 1.29 is 8.42 Å². The van der Waals surface area contributed by atoms with Crippen LogP contribution in [-0.4, -0.2) is 26.8 Å². The zero-order valence-electron chi connectivity index (χ0n) is 9.62. The van der Waals surface area contributed by atoms with Crippen LogP contribution >= 0.6 is 27.5 Å². The first kappa shape index (κ1) is 14.1. The lowest BCUT2D eigenvalue weighted by molar-refractivity contribution is 0.595. The molecule has 0 saturated heterocycles. The molecule has 18 heavy (non-hydrogen) atoms. The molecule has 2 N–H and O–H groups in total. The van der Waals surface area contributed by atoms with Crippen LogP contribution in [0.1, 0.15) is 12.8 Å². The van der Waals surface area contributed by atoms with E-state index < -0.39 is 10.0 Å². The second kappa shape index (κ2) is 5.77. The van der Waals surface area contributed by atoms with Crippen molar-refractivity contribution in [3.8, 4) is 0 Å². The van der Waals surface area contributed by atoms with E-state index in [1.807, 2.05) is 0 Å². The molecular weight excluding hydrogens is 340 g/mol. The van der Waals surface area contributed by atoms with E-state index in [0.29, 0.717) is 23.3 Å². The smallest absolute Gasteiger partial charge is 0.233 e. The monoisotopic (exact) mass is 352 g/mol. The van der Waals surface area contributed by atoms with Gasteiger partial charge in [0.25, 0.3) is 0 Å². The van der Waals surface area contributed by atoms with E-state index in [9.17, 15) is 8.42 Å². The fraction of sp³-hybridized carbons (Fsp3) is 0.455. The first-order valence-electron chi connectivity index (χ1n) is 5.65. The summed E-state index contributed by atoms with van der Waals surface area (Å²) < 4.78 is 26.8. The number of benzene rings is 1. The Kier molecular flexibility index (Phi) is 4.53. The Morgan fingerprint density at radius 1 is 1.39 bits per heavy atom. The quantitative estimate of drug-likeness (QED) is 0.826. The molecule has 1 aromatic rings. The number of hydrogen-bond acceptors (Lipinski definition) is 3. The Balaban J connectivity index is 1.91. The predicted octanol–water partition coefficient (Wildman–Crippen LogP) is 2.60. The van der Waals surface area contributed by atoms with Crippen LogP contribution in [-0.2, 0) is 10.0 Å². The summed E-state index contributed by atoms with van der Waals surface area (Å²) in [7, 11) is -3.32. The largest absolute Gasteiger partial charge is 0.313 e. The van der Waals surface area contributed by atoms with Crippen molar-refractivity contribution in [1.82, 2.24) is 5.32 Å². The highest BCUT2D eigenvalue weighted by Gasteiger charge is 2.21. The Hall–Kier alpha value is -0.300. The third kappa shape index (κ3) is 4.42. The second-order valence-corrected chi connectivity index (χ2v) is 7.38. The van der Waals surface area contributed by atoms with E-state index in [1.54, 1.807) is 18.2 Å². The third-order valence-corrected chi connectivity index (χ3v) is 5.09. The minimum Gasteiger partial charge on any atom is -0.313 e. The molecule has 0 bridgehead atoms. The molecule has 4 nitrogen and oxygen atoms in total. The van der Waals surface area contributed by atoms with E-state index in [4.69, 9.17) is 11.6 Å². The number of anilines is 1. The topological polar surface area (TPSA) is 58.2 Å². The van der Waals surface area contributed by atoms with Crippen molar-refractivity contribution in [2.75, 3.05) is 17.0 Å². The van der Waals surface area contributed by atoms with Gasteiger partial charge in [0.2, 0.25) is 10.0 Å². The van der Waals surface area contributed by atoms with Gasteiger partial charge in [-0.2, -0.15) is 0 Å². The van der Waals surface area contributed by atoms with Crippen molar-refractivity contribution in [2.24, 2.45) is 0 Å². The van der Waals surface area contributed by atoms with E-state index in [1.165, 1.54) is 0 Å². The summed E-state index contributed by atoms with van der Waals surface area (Å²) in [6.45, 7) is 0.476. The zero-order valence-corrected chi connectivity index (χ0v) is 12.8. The molecule has 1 aromatic carbocycles. The Labute approximate surface area is 120 Å². The van der Waals surface area contributed by atoms with Gasteiger partial charge in [0.05, 0.1) is 16.5 Å². The Morgan fingerprint density at radius 2 is 2.11 bits per heavy atom. The lowest BCUT2D eigenvalue weighted by atomic mass is 10.3. The van der Waals surface area contributed by atoms with Gasteiger partial charge in [-0.15, -0.1) is 0 Å². The average Bonchev–Trinajstić information content (AvgIpc) is 3.07. The van der Waals surface area contributed by atoms with Crippen LogP contribution in [0, 0.1) is 0 Å². The summed E-state index contributed by atoms with van der Waals surface area (Å²) in [6, 6.07) is 5.48. The van der Waals surface area contributed by atoms with Gasteiger partial charge in [0.15, 0.2) is 0 Å². The Bertz CT molecular complexity index is 532. The molecule has 1 saturated carbocycles. The van der Waals surface area contributed by atoms with Crippen molar-refractivity contribution >= 4 is 43.2 Å². The maximum Gasteiger partial charge on any atom is 0.233 e. The summed E-state index contributed by atoms with van der Waals surface area (Å²) in [5, 5.41) is 3.64. The van der Waals surface area contributed by atoms with Crippen LogP contribution in [0.15, 0.2) is 22.7 Å². The number of rotatable bonds is 6. The maximum atomic E-state index is 11.8. The van der Waals surface area contributed by atoms with Gasteiger partial charge in [-0.3, -0.25) is 4.72 Å². The molecule has 2 rings (SSSR count). The first-order valence-corrected chi connectivity index (χ1v) is 8.47. The second-order valence-electron chi connectivity index (χ2n) is 4.28. The fourth-order valence-corrected chi connectivity index (χ4v) is 2.88. The summed E-state index contributed by atoms with van der Waals surface area (Å²) in [4.78, 5) is 0. The lowest BCUT2D eigenvalue weighted by Gasteiger charge is -2.09. The van der Waals surface area contributed by atoms with E-state index >= 15 is 0 Å².